The Balaban J connectivity index is 1.69. The van der Waals surface area contributed by atoms with Gasteiger partial charge in [-0.15, -0.1) is 0 Å². The molecule has 0 atom stereocenters. The number of carbonyl (C=O) groups is 2. The minimum Gasteiger partial charge on any atom is -0.490 e. The predicted molar refractivity (Wildman–Crippen MR) is 111 cm³/mol. The molecule has 6 nitrogen and oxygen atoms in total. The van der Waals surface area contributed by atoms with Crippen molar-refractivity contribution in [3.8, 4) is 5.75 Å². The van der Waals surface area contributed by atoms with E-state index in [1.165, 1.54) is 12.1 Å². The summed E-state index contributed by atoms with van der Waals surface area (Å²) < 4.78 is 18.9. The summed E-state index contributed by atoms with van der Waals surface area (Å²) in [6.45, 7) is 6.64. The van der Waals surface area contributed by atoms with Gasteiger partial charge in [-0.3, -0.25) is 4.79 Å². The number of nitrogens with one attached hydrogen (secondary N) is 2. The van der Waals surface area contributed by atoms with Gasteiger partial charge >= 0.3 is 6.03 Å². The minimum atomic E-state index is -0.536. The summed E-state index contributed by atoms with van der Waals surface area (Å²) in [7, 11) is 0. The normalized spacial score (nSPS) is 13.3. The molecule has 1 aliphatic heterocycles. The zero-order chi connectivity index (χ0) is 21.2. The third-order valence-corrected chi connectivity index (χ3v) is 4.69. The van der Waals surface area contributed by atoms with Crippen molar-refractivity contribution in [3.63, 3.8) is 0 Å². The van der Waals surface area contributed by atoms with Crippen molar-refractivity contribution >= 4 is 34.9 Å². The maximum absolute atomic E-state index is 13.2. The van der Waals surface area contributed by atoms with Crippen LogP contribution in [0.2, 0.25) is 5.02 Å². The van der Waals surface area contributed by atoms with E-state index in [0.29, 0.717) is 35.8 Å². The molecule has 0 spiro atoms. The minimum absolute atomic E-state index is 0.00278. The fraction of sp³-hybridized carbons (Fsp3) is 0.333. The molecule has 3 amide bonds. The van der Waals surface area contributed by atoms with E-state index < -0.39 is 17.3 Å². The molecule has 0 aliphatic carbocycles. The molecule has 0 radical (unpaired) electrons. The second kappa shape index (κ2) is 8.29. The lowest BCUT2D eigenvalue weighted by Crippen LogP contribution is -2.44. The van der Waals surface area contributed by atoms with Gasteiger partial charge in [-0.2, -0.15) is 0 Å². The van der Waals surface area contributed by atoms with E-state index in [1.807, 2.05) is 20.8 Å². The van der Waals surface area contributed by atoms with Gasteiger partial charge in [0.1, 0.15) is 18.2 Å². The maximum Gasteiger partial charge on any atom is 0.319 e. The number of amides is 3. The van der Waals surface area contributed by atoms with Crippen LogP contribution in [-0.2, 0) is 11.3 Å². The molecule has 1 aliphatic rings. The molecule has 0 fully saturated rings. The highest BCUT2D eigenvalue weighted by Crippen LogP contribution is 2.36. The van der Waals surface area contributed by atoms with E-state index in [4.69, 9.17) is 16.3 Å². The zero-order valence-corrected chi connectivity index (χ0v) is 17.3. The van der Waals surface area contributed by atoms with Crippen LogP contribution in [0.15, 0.2) is 36.4 Å². The van der Waals surface area contributed by atoms with Crippen LogP contribution in [0.1, 0.15) is 26.3 Å². The average Bonchev–Trinajstić information content (AvgIpc) is 2.67. The van der Waals surface area contributed by atoms with Gasteiger partial charge in [-0.05, 0) is 35.9 Å². The third kappa shape index (κ3) is 4.98. The van der Waals surface area contributed by atoms with Crippen LogP contribution in [0.5, 0.6) is 5.75 Å². The first-order valence-corrected chi connectivity index (χ1v) is 9.60. The quantitative estimate of drug-likeness (QED) is 0.765. The first-order chi connectivity index (χ1) is 13.6. The molecule has 0 saturated heterocycles. The molecular formula is C21H23ClFN3O3. The summed E-state index contributed by atoms with van der Waals surface area (Å²) in [4.78, 5) is 26.7. The Morgan fingerprint density at radius 2 is 1.97 bits per heavy atom. The van der Waals surface area contributed by atoms with E-state index in [9.17, 15) is 14.0 Å². The Hall–Kier alpha value is -2.80. The monoisotopic (exact) mass is 419 g/mol. The molecule has 2 aromatic rings. The second-order valence-electron chi connectivity index (χ2n) is 7.79. The molecule has 0 saturated carbocycles. The number of urea groups is 1. The van der Waals surface area contributed by atoms with Crippen molar-refractivity contribution in [2.24, 2.45) is 5.41 Å². The molecule has 1 heterocycles. The first kappa shape index (κ1) is 20.9. The lowest BCUT2D eigenvalue weighted by Gasteiger charge is -2.34. The highest BCUT2D eigenvalue weighted by atomic mass is 35.5. The smallest absolute Gasteiger partial charge is 0.319 e. The number of nitrogens with zero attached hydrogens (tertiary/aromatic N) is 1. The topological polar surface area (TPSA) is 70.7 Å². The average molecular weight is 420 g/mol. The highest BCUT2D eigenvalue weighted by molar-refractivity contribution is 6.30. The van der Waals surface area contributed by atoms with Crippen molar-refractivity contribution in [1.82, 2.24) is 5.32 Å². The Bertz CT molecular complexity index is 943. The standard InChI is InChI=1S/C21H23ClFN3O3/c1-21(2,3)19(27)26-8-9-29-18-7-5-14(11-17(18)26)25-20(28)24-12-13-4-6-16(23)15(22)10-13/h4-7,10-11H,8-9,12H2,1-3H3,(H2,24,25,28). The third-order valence-electron chi connectivity index (χ3n) is 4.40. The number of benzene rings is 2. The van der Waals surface area contributed by atoms with Crippen molar-refractivity contribution in [2.75, 3.05) is 23.4 Å². The largest absolute Gasteiger partial charge is 0.490 e. The van der Waals surface area contributed by atoms with Gasteiger partial charge in [0.2, 0.25) is 5.91 Å². The van der Waals surface area contributed by atoms with Gasteiger partial charge in [0.15, 0.2) is 0 Å². The maximum atomic E-state index is 13.2. The number of hydrogen-bond donors (Lipinski definition) is 2. The molecular weight excluding hydrogens is 397 g/mol. The first-order valence-electron chi connectivity index (χ1n) is 9.23. The van der Waals surface area contributed by atoms with E-state index in [2.05, 4.69) is 10.6 Å². The van der Waals surface area contributed by atoms with Gasteiger partial charge in [-0.1, -0.05) is 38.4 Å². The Morgan fingerprint density at radius 1 is 1.21 bits per heavy atom. The zero-order valence-electron chi connectivity index (χ0n) is 16.5. The number of carbonyl (C=O) groups excluding carboxylic acids is 2. The molecule has 154 valence electrons. The molecule has 0 unspecified atom stereocenters. The van der Waals surface area contributed by atoms with Gasteiger partial charge in [-0.25, -0.2) is 9.18 Å². The molecule has 0 bridgehead atoms. The van der Waals surface area contributed by atoms with E-state index >= 15 is 0 Å². The van der Waals surface area contributed by atoms with Crippen LogP contribution in [0, 0.1) is 11.2 Å². The van der Waals surface area contributed by atoms with Crippen molar-refractivity contribution in [2.45, 2.75) is 27.3 Å². The van der Waals surface area contributed by atoms with Crippen LogP contribution in [-0.4, -0.2) is 25.1 Å². The predicted octanol–water partition coefficient (Wildman–Crippen LogP) is 4.57. The van der Waals surface area contributed by atoms with Crippen molar-refractivity contribution in [3.05, 3.63) is 52.8 Å². The summed E-state index contributed by atoms with van der Waals surface area (Å²) in [5, 5.41) is 5.43. The summed E-state index contributed by atoms with van der Waals surface area (Å²) in [5.74, 6) is 0.0723. The van der Waals surface area contributed by atoms with Crippen LogP contribution < -0.4 is 20.3 Å². The fourth-order valence-corrected chi connectivity index (χ4v) is 3.12. The Kier molecular flexibility index (Phi) is 5.98. The Morgan fingerprint density at radius 3 is 2.66 bits per heavy atom. The van der Waals surface area contributed by atoms with Gasteiger partial charge in [0.05, 0.1) is 17.3 Å². The SMILES string of the molecule is CC(C)(C)C(=O)N1CCOc2ccc(NC(=O)NCc3ccc(F)c(Cl)c3)cc21. The van der Waals surface area contributed by atoms with E-state index in [0.717, 1.165) is 0 Å². The molecule has 29 heavy (non-hydrogen) atoms. The Labute approximate surface area is 174 Å². The summed E-state index contributed by atoms with van der Waals surface area (Å²) in [6.07, 6.45) is 0. The number of rotatable bonds is 3. The van der Waals surface area contributed by atoms with Gasteiger partial charge in [0.25, 0.3) is 0 Å². The number of fused-ring (bicyclic) bond motifs is 1. The number of anilines is 2. The highest BCUT2D eigenvalue weighted by Gasteiger charge is 2.32. The van der Waals surface area contributed by atoms with Crippen LogP contribution in [0.25, 0.3) is 0 Å². The summed E-state index contributed by atoms with van der Waals surface area (Å²) in [6, 6.07) is 8.98. The number of ether oxygens (including phenoxy) is 1. The van der Waals surface area contributed by atoms with Gasteiger partial charge < -0.3 is 20.3 Å². The lowest BCUT2D eigenvalue weighted by atomic mass is 9.94. The molecule has 2 N–H and O–H groups in total. The fourth-order valence-electron chi connectivity index (χ4n) is 2.92. The van der Waals surface area contributed by atoms with Crippen molar-refractivity contribution < 1.29 is 18.7 Å². The molecule has 2 aromatic carbocycles. The van der Waals surface area contributed by atoms with E-state index in [1.54, 1.807) is 29.2 Å². The van der Waals surface area contributed by atoms with Crippen LogP contribution in [0.3, 0.4) is 0 Å². The van der Waals surface area contributed by atoms with Gasteiger partial charge in [0, 0.05) is 17.6 Å². The van der Waals surface area contributed by atoms with Crippen LogP contribution >= 0.6 is 11.6 Å². The number of hydrogen-bond acceptors (Lipinski definition) is 3. The van der Waals surface area contributed by atoms with Crippen molar-refractivity contribution in [1.29, 1.82) is 0 Å². The summed E-state index contributed by atoms with van der Waals surface area (Å²) >= 11 is 5.75. The number of halogens is 2. The van der Waals surface area contributed by atoms with E-state index in [-0.39, 0.29) is 17.5 Å². The molecule has 0 aromatic heterocycles. The molecule has 3 rings (SSSR count). The second-order valence-corrected chi connectivity index (χ2v) is 8.20. The molecule has 8 heteroatoms. The van der Waals surface area contributed by atoms with Crippen LogP contribution in [0.4, 0.5) is 20.6 Å². The lowest BCUT2D eigenvalue weighted by molar-refractivity contribution is -0.126. The summed E-state index contributed by atoms with van der Waals surface area (Å²) in [5.41, 5.74) is 1.29.